The third kappa shape index (κ3) is 3.23. The fourth-order valence-corrected chi connectivity index (χ4v) is 2.30. The topological polar surface area (TPSA) is 97.1 Å². The Bertz CT molecular complexity index is 938. The highest BCUT2D eigenvalue weighted by molar-refractivity contribution is 5.80. The lowest BCUT2D eigenvalue weighted by molar-refractivity contribution is -0.121. The number of H-pyrrole nitrogens is 1. The lowest BCUT2D eigenvalue weighted by Gasteiger charge is -2.07. The van der Waals surface area contributed by atoms with Crippen LogP contribution in [-0.2, 0) is 17.9 Å². The van der Waals surface area contributed by atoms with Crippen molar-refractivity contribution in [3.8, 4) is 0 Å². The Morgan fingerprint density at radius 1 is 1.13 bits per heavy atom. The van der Waals surface area contributed by atoms with Gasteiger partial charge in [-0.15, -0.1) is 0 Å². The van der Waals surface area contributed by atoms with Crippen LogP contribution in [0, 0.1) is 0 Å². The van der Waals surface area contributed by atoms with Gasteiger partial charge in [0.2, 0.25) is 5.91 Å². The third-order valence-electron chi connectivity index (χ3n) is 3.49. The smallest absolute Gasteiger partial charge is 0.273 e. The van der Waals surface area contributed by atoms with Gasteiger partial charge in [0.15, 0.2) is 0 Å². The number of hydrogen-bond donors (Lipinski definition) is 2. The lowest BCUT2D eigenvalue weighted by Crippen LogP contribution is -2.32. The van der Waals surface area contributed by atoms with Crippen molar-refractivity contribution < 1.29 is 9.21 Å². The van der Waals surface area contributed by atoms with Gasteiger partial charge in [0.25, 0.3) is 11.1 Å². The number of carbonyl (C=O) groups excluding carboxylic acids is 1. The Balaban J connectivity index is 1.70. The van der Waals surface area contributed by atoms with Crippen molar-refractivity contribution in [2.24, 2.45) is 0 Å². The highest BCUT2D eigenvalue weighted by Crippen LogP contribution is 2.03. The summed E-state index contributed by atoms with van der Waals surface area (Å²) in [6.07, 6.45) is 1.61. The normalized spacial score (nSPS) is 10.8. The van der Waals surface area contributed by atoms with Gasteiger partial charge in [0, 0.05) is 6.42 Å². The van der Waals surface area contributed by atoms with Crippen molar-refractivity contribution in [3.63, 3.8) is 0 Å². The zero-order valence-corrected chi connectivity index (χ0v) is 12.2. The number of benzene rings is 1. The maximum atomic E-state index is 12.3. The number of aromatic nitrogens is 2. The second-order valence-electron chi connectivity index (χ2n) is 5.05. The van der Waals surface area contributed by atoms with Crippen molar-refractivity contribution in [1.29, 1.82) is 0 Å². The average Bonchev–Trinajstić information content (AvgIpc) is 3.08. The molecule has 1 aromatic carbocycles. The molecule has 3 aromatic rings. The molecule has 0 bridgehead atoms. The van der Waals surface area contributed by atoms with Gasteiger partial charge in [-0.3, -0.25) is 19.5 Å². The molecule has 7 heteroatoms. The van der Waals surface area contributed by atoms with Crippen LogP contribution in [0.4, 0.5) is 0 Å². The molecule has 7 nitrogen and oxygen atoms in total. The minimum atomic E-state index is -0.351. The number of carbonyl (C=O) groups is 1. The van der Waals surface area contributed by atoms with Gasteiger partial charge < -0.3 is 9.73 Å². The monoisotopic (exact) mass is 313 g/mol. The molecule has 0 atom stereocenters. The molecule has 0 saturated heterocycles. The summed E-state index contributed by atoms with van der Waals surface area (Å²) < 4.78 is 6.28. The van der Waals surface area contributed by atoms with Gasteiger partial charge in [-0.25, -0.2) is 4.68 Å². The van der Waals surface area contributed by atoms with Crippen LogP contribution in [0.25, 0.3) is 10.8 Å². The van der Waals surface area contributed by atoms with E-state index in [1.54, 1.807) is 36.4 Å². The van der Waals surface area contributed by atoms with Crippen molar-refractivity contribution in [1.82, 2.24) is 15.1 Å². The van der Waals surface area contributed by atoms with Crippen LogP contribution in [0.2, 0.25) is 0 Å². The van der Waals surface area contributed by atoms with Crippen LogP contribution in [0.5, 0.6) is 0 Å². The van der Waals surface area contributed by atoms with E-state index in [4.69, 9.17) is 4.42 Å². The van der Waals surface area contributed by atoms with E-state index in [2.05, 4.69) is 10.4 Å². The maximum Gasteiger partial charge on any atom is 0.273 e. The average molecular weight is 313 g/mol. The second-order valence-corrected chi connectivity index (χ2v) is 5.05. The first-order valence-electron chi connectivity index (χ1n) is 7.16. The van der Waals surface area contributed by atoms with E-state index in [1.165, 1.54) is 6.26 Å². The Morgan fingerprint density at radius 3 is 2.65 bits per heavy atom. The molecule has 118 valence electrons. The lowest BCUT2D eigenvalue weighted by atomic mass is 10.2. The number of aryl methyl sites for hydroxylation is 1. The molecular weight excluding hydrogens is 298 g/mol. The van der Waals surface area contributed by atoms with E-state index in [-0.39, 0.29) is 36.5 Å². The van der Waals surface area contributed by atoms with Crippen LogP contribution in [0.1, 0.15) is 12.2 Å². The largest absolute Gasteiger partial charge is 0.467 e. The van der Waals surface area contributed by atoms with Crippen molar-refractivity contribution in [2.75, 3.05) is 0 Å². The Labute approximate surface area is 130 Å². The zero-order chi connectivity index (χ0) is 16.2. The number of rotatable bonds is 5. The summed E-state index contributed by atoms with van der Waals surface area (Å²) >= 11 is 0. The summed E-state index contributed by atoms with van der Waals surface area (Å²) in [5, 5.41) is 5.86. The maximum absolute atomic E-state index is 12.3. The minimum absolute atomic E-state index is 0.0783. The van der Waals surface area contributed by atoms with E-state index in [1.807, 2.05) is 0 Å². The Morgan fingerprint density at radius 2 is 1.91 bits per heavy atom. The summed E-state index contributed by atoms with van der Waals surface area (Å²) in [7, 11) is 0. The molecule has 1 amide bonds. The van der Waals surface area contributed by atoms with Crippen molar-refractivity contribution >= 4 is 16.7 Å². The number of nitrogens with zero attached hydrogens (tertiary/aromatic N) is 1. The molecule has 3 rings (SSSR count). The van der Waals surface area contributed by atoms with Gasteiger partial charge in [-0.1, -0.05) is 12.1 Å². The van der Waals surface area contributed by atoms with Gasteiger partial charge >= 0.3 is 0 Å². The molecule has 2 heterocycles. The van der Waals surface area contributed by atoms with E-state index in [9.17, 15) is 14.4 Å². The van der Waals surface area contributed by atoms with Crippen LogP contribution in [0.15, 0.2) is 56.7 Å². The summed E-state index contributed by atoms with van der Waals surface area (Å²) in [6, 6.07) is 10.1. The van der Waals surface area contributed by atoms with Gasteiger partial charge in [-0.05, 0) is 24.3 Å². The van der Waals surface area contributed by atoms with Gasteiger partial charge in [-0.2, -0.15) is 0 Å². The van der Waals surface area contributed by atoms with Crippen LogP contribution >= 0.6 is 0 Å². The number of amides is 1. The fraction of sp³-hybridized carbons (Fsp3) is 0.188. The second kappa shape index (κ2) is 6.35. The van der Waals surface area contributed by atoms with E-state index in [0.29, 0.717) is 16.5 Å². The van der Waals surface area contributed by atoms with E-state index in [0.717, 1.165) is 4.68 Å². The Kier molecular flexibility index (Phi) is 4.09. The molecule has 0 unspecified atom stereocenters. The first kappa shape index (κ1) is 14.8. The minimum Gasteiger partial charge on any atom is -0.467 e. The predicted octanol–water partition coefficient (Wildman–Crippen LogP) is 0.989. The third-order valence-corrected chi connectivity index (χ3v) is 3.49. The number of hydrogen-bond acceptors (Lipinski definition) is 4. The molecule has 0 fully saturated rings. The standard InChI is InChI=1S/C16H15N3O4/c20-14(17-10-11-4-3-9-23-11)7-8-19-16(22)13-6-2-1-5-12(13)15(21)18-19/h1-6,9H,7-8,10H2,(H,17,20)(H,18,21). The number of aromatic amines is 1. The van der Waals surface area contributed by atoms with Crippen molar-refractivity contribution in [3.05, 3.63) is 69.1 Å². The van der Waals surface area contributed by atoms with Crippen LogP contribution in [-0.4, -0.2) is 15.7 Å². The summed E-state index contributed by atoms with van der Waals surface area (Å²) in [6.45, 7) is 0.387. The summed E-state index contributed by atoms with van der Waals surface area (Å²) in [5.41, 5.74) is -0.671. The van der Waals surface area contributed by atoms with E-state index >= 15 is 0 Å². The van der Waals surface area contributed by atoms with Crippen LogP contribution < -0.4 is 16.4 Å². The summed E-state index contributed by atoms with van der Waals surface area (Å²) in [5.74, 6) is 0.414. The summed E-state index contributed by atoms with van der Waals surface area (Å²) in [4.78, 5) is 36.0. The van der Waals surface area contributed by atoms with Crippen LogP contribution in [0.3, 0.4) is 0 Å². The highest BCUT2D eigenvalue weighted by atomic mass is 16.3. The molecule has 0 aliphatic rings. The van der Waals surface area contributed by atoms with Gasteiger partial charge in [0.05, 0.1) is 30.1 Å². The molecule has 0 spiro atoms. The SMILES string of the molecule is O=C(CCn1[nH]c(=O)c2ccccc2c1=O)NCc1ccco1. The first-order chi connectivity index (χ1) is 11.1. The van der Waals surface area contributed by atoms with Crippen molar-refractivity contribution in [2.45, 2.75) is 19.5 Å². The molecule has 2 N–H and O–H groups in total. The fourth-order valence-electron chi connectivity index (χ4n) is 2.30. The highest BCUT2D eigenvalue weighted by Gasteiger charge is 2.08. The number of fused-ring (bicyclic) bond motifs is 1. The molecule has 0 aliphatic heterocycles. The number of nitrogens with one attached hydrogen (secondary N) is 2. The molecule has 0 aliphatic carbocycles. The quantitative estimate of drug-likeness (QED) is 0.734. The Hall–Kier alpha value is -3.09. The molecule has 0 saturated carbocycles. The zero-order valence-electron chi connectivity index (χ0n) is 12.2. The predicted molar refractivity (Wildman–Crippen MR) is 84.0 cm³/mol. The molecule has 0 radical (unpaired) electrons. The molecule has 23 heavy (non-hydrogen) atoms. The first-order valence-corrected chi connectivity index (χ1v) is 7.16. The van der Waals surface area contributed by atoms with E-state index < -0.39 is 0 Å². The van der Waals surface area contributed by atoms with Gasteiger partial charge in [0.1, 0.15) is 5.76 Å². The molecule has 2 aromatic heterocycles. The molecular formula is C16H15N3O4. The number of furan rings is 1.